The summed E-state index contributed by atoms with van der Waals surface area (Å²) in [4.78, 5) is 12.0. The highest BCUT2D eigenvalue weighted by molar-refractivity contribution is 5.87. The first-order chi connectivity index (χ1) is 16.8. The highest BCUT2D eigenvalue weighted by Crippen LogP contribution is 2.42. The summed E-state index contributed by atoms with van der Waals surface area (Å²) in [5.41, 5.74) is 8.52. The maximum Gasteiger partial charge on any atom is 0.137 e. The van der Waals surface area contributed by atoms with Crippen LogP contribution >= 0.6 is 0 Å². The van der Waals surface area contributed by atoms with E-state index in [9.17, 15) is 0 Å². The Morgan fingerprint density at radius 1 is 0.912 bits per heavy atom. The summed E-state index contributed by atoms with van der Waals surface area (Å²) in [6, 6.07) is 16.6. The maximum absolute atomic E-state index is 5.54. The molecule has 1 saturated heterocycles. The Hall–Kier alpha value is -2.96. The number of nitrogens with one attached hydrogen (secondary N) is 2. The Balaban J connectivity index is 1.21. The molecule has 0 bridgehead atoms. The van der Waals surface area contributed by atoms with Crippen LogP contribution in [0.15, 0.2) is 48.8 Å². The van der Waals surface area contributed by atoms with Gasteiger partial charge in [-0.05, 0) is 66.1 Å². The van der Waals surface area contributed by atoms with E-state index >= 15 is 0 Å². The van der Waals surface area contributed by atoms with Gasteiger partial charge in [-0.15, -0.1) is 0 Å². The molecule has 3 aromatic rings. The molecule has 0 spiro atoms. The van der Waals surface area contributed by atoms with Crippen LogP contribution in [0.3, 0.4) is 0 Å². The summed E-state index contributed by atoms with van der Waals surface area (Å²) in [6.45, 7) is 3.93. The van der Waals surface area contributed by atoms with Gasteiger partial charge in [0.15, 0.2) is 0 Å². The molecule has 6 heteroatoms. The molecule has 34 heavy (non-hydrogen) atoms. The van der Waals surface area contributed by atoms with Crippen LogP contribution in [0.25, 0.3) is 22.3 Å². The van der Waals surface area contributed by atoms with E-state index in [1.165, 1.54) is 53.5 Å². The monoisotopic (exact) mass is 455 g/mol. The highest BCUT2D eigenvalue weighted by Gasteiger charge is 2.29. The van der Waals surface area contributed by atoms with E-state index in [0.717, 1.165) is 49.9 Å². The molecule has 0 atom stereocenters. The molecule has 1 aliphatic heterocycles. The van der Waals surface area contributed by atoms with Gasteiger partial charge in [0.05, 0.1) is 18.9 Å². The third kappa shape index (κ3) is 4.17. The van der Waals surface area contributed by atoms with Gasteiger partial charge >= 0.3 is 0 Å². The SMILES string of the molecule is CNc1ccc(-c2ccc3c(c2)-c2c(ncnc2NC2CCC(N4CCOCC4)CC2)C3)cc1. The number of ether oxygens (including phenoxy) is 1. The van der Waals surface area contributed by atoms with Crippen LogP contribution in [0.4, 0.5) is 11.5 Å². The molecule has 2 aromatic carbocycles. The Morgan fingerprint density at radius 2 is 1.68 bits per heavy atom. The van der Waals surface area contributed by atoms with E-state index in [1.54, 1.807) is 6.33 Å². The number of rotatable bonds is 5. The molecule has 2 heterocycles. The van der Waals surface area contributed by atoms with Crippen LogP contribution in [0, 0.1) is 0 Å². The lowest BCUT2D eigenvalue weighted by Gasteiger charge is -2.39. The second kappa shape index (κ2) is 9.35. The third-order valence-electron chi connectivity index (χ3n) is 7.77. The number of hydrogen-bond acceptors (Lipinski definition) is 6. The van der Waals surface area contributed by atoms with Crippen molar-refractivity contribution in [2.75, 3.05) is 44.0 Å². The lowest BCUT2D eigenvalue weighted by atomic mass is 9.89. The minimum Gasteiger partial charge on any atom is -0.388 e. The largest absolute Gasteiger partial charge is 0.388 e. The highest BCUT2D eigenvalue weighted by atomic mass is 16.5. The number of fused-ring (bicyclic) bond motifs is 3. The fourth-order valence-corrected chi connectivity index (χ4v) is 5.82. The zero-order valence-electron chi connectivity index (χ0n) is 19.9. The summed E-state index contributed by atoms with van der Waals surface area (Å²) in [7, 11) is 1.95. The minimum atomic E-state index is 0.470. The first-order valence-corrected chi connectivity index (χ1v) is 12.6. The van der Waals surface area contributed by atoms with Crippen molar-refractivity contribution in [1.29, 1.82) is 0 Å². The molecule has 0 unspecified atom stereocenters. The van der Waals surface area contributed by atoms with Crippen LogP contribution in [-0.4, -0.2) is 60.3 Å². The van der Waals surface area contributed by atoms with Gasteiger partial charge in [0.25, 0.3) is 0 Å². The molecule has 2 aliphatic carbocycles. The van der Waals surface area contributed by atoms with Gasteiger partial charge in [-0.3, -0.25) is 4.90 Å². The normalized spacial score (nSPS) is 22.1. The Bertz CT molecular complexity index is 1150. The third-order valence-corrected chi connectivity index (χ3v) is 7.77. The van der Waals surface area contributed by atoms with Crippen LogP contribution in [0.2, 0.25) is 0 Å². The lowest BCUT2D eigenvalue weighted by Crippen LogP contribution is -2.46. The first kappa shape index (κ1) is 21.6. The molecule has 0 radical (unpaired) electrons. The Labute approximate surface area is 201 Å². The van der Waals surface area contributed by atoms with Crippen molar-refractivity contribution in [2.45, 2.75) is 44.2 Å². The maximum atomic E-state index is 5.54. The number of aromatic nitrogens is 2. The average molecular weight is 456 g/mol. The molecule has 1 aromatic heterocycles. The van der Waals surface area contributed by atoms with Crippen LogP contribution in [0.1, 0.15) is 36.9 Å². The first-order valence-electron chi connectivity index (χ1n) is 12.6. The average Bonchev–Trinajstić information content (AvgIpc) is 3.28. The van der Waals surface area contributed by atoms with Gasteiger partial charge in [-0.1, -0.05) is 24.3 Å². The van der Waals surface area contributed by atoms with E-state index in [0.29, 0.717) is 12.1 Å². The van der Waals surface area contributed by atoms with Crippen molar-refractivity contribution in [2.24, 2.45) is 0 Å². The van der Waals surface area contributed by atoms with Crippen molar-refractivity contribution >= 4 is 11.5 Å². The van der Waals surface area contributed by atoms with Crippen LogP contribution in [-0.2, 0) is 11.2 Å². The fraction of sp³-hybridized carbons (Fsp3) is 0.429. The van der Waals surface area contributed by atoms with Crippen molar-refractivity contribution in [3.63, 3.8) is 0 Å². The number of hydrogen-bond donors (Lipinski definition) is 2. The van der Waals surface area contributed by atoms with Gasteiger partial charge in [0, 0.05) is 49.9 Å². The van der Waals surface area contributed by atoms with Crippen LogP contribution in [0.5, 0.6) is 0 Å². The Kier molecular flexibility index (Phi) is 5.93. The molecule has 2 N–H and O–H groups in total. The molecular weight excluding hydrogens is 422 g/mol. The summed E-state index contributed by atoms with van der Waals surface area (Å²) < 4.78 is 5.54. The van der Waals surface area contributed by atoms with Crippen molar-refractivity contribution < 1.29 is 4.74 Å². The quantitative estimate of drug-likeness (QED) is 0.450. The lowest BCUT2D eigenvalue weighted by molar-refractivity contribution is 0.00791. The molecule has 6 nitrogen and oxygen atoms in total. The van der Waals surface area contributed by atoms with Crippen LogP contribution < -0.4 is 10.6 Å². The van der Waals surface area contributed by atoms with E-state index < -0.39 is 0 Å². The summed E-state index contributed by atoms with van der Waals surface area (Å²) in [5.74, 6) is 1.00. The summed E-state index contributed by atoms with van der Waals surface area (Å²) in [5, 5.41) is 7.01. The molecular formula is C28H33N5O. The van der Waals surface area contributed by atoms with Gasteiger partial charge < -0.3 is 15.4 Å². The Morgan fingerprint density at radius 3 is 2.44 bits per heavy atom. The zero-order valence-corrected chi connectivity index (χ0v) is 19.9. The number of anilines is 2. The smallest absolute Gasteiger partial charge is 0.137 e. The van der Waals surface area contributed by atoms with E-state index in [2.05, 4.69) is 63.0 Å². The number of nitrogens with zero attached hydrogens (tertiary/aromatic N) is 3. The standard InChI is InChI=1S/C28H33N5O/c1-29-22-6-4-19(5-7-22)20-2-3-21-17-26-27(25(21)16-20)28(31-18-30-26)32-23-8-10-24(11-9-23)33-12-14-34-15-13-33/h2-7,16,18,23-24,29H,8-15,17H2,1H3,(H,30,31,32). The number of benzene rings is 2. The van der Waals surface area contributed by atoms with E-state index in [1.807, 2.05) is 7.05 Å². The molecule has 1 saturated carbocycles. The van der Waals surface area contributed by atoms with Gasteiger partial charge in [0.1, 0.15) is 12.1 Å². The van der Waals surface area contributed by atoms with Gasteiger partial charge in [-0.2, -0.15) is 0 Å². The second-order valence-corrected chi connectivity index (χ2v) is 9.72. The van der Waals surface area contributed by atoms with Gasteiger partial charge in [-0.25, -0.2) is 9.97 Å². The molecule has 176 valence electrons. The van der Waals surface area contributed by atoms with Crippen molar-refractivity contribution in [3.05, 3.63) is 60.0 Å². The fourth-order valence-electron chi connectivity index (χ4n) is 5.82. The number of morpholine rings is 1. The van der Waals surface area contributed by atoms with E-state index in [4.69, 9.17) is 9.72 Å². The van der Waals surface area contributed by atoms with E-state index in [-0.39, 0.29) is 0 Å². The molecule has 0 amide bonds. The minimum absolute atomic E-state index is 0.470. The zero-order chi connectivity index (χ0) is 22.9. The second-order valence-electron chi connectivity index (χ2n) is 9.72. The summed E-state index contributed by atoms with van der Waals surface area (Å²) in [6.07, 6.45) is 7.47. The molecule has 6 rings (SSSR count). The summed E-state index contributed by atoms with van der Waals surface area (Å²) >= 11 is 0. The molecule has 3 aliphatic rings. The van der Waals surface area contributed by atoms with Gasteiger partial charge in [0.2, 0.25) is 0 Å². The topological polar surface area (TPSA) is 62.3 Å². The van der Waals surface area contributed by atoms with Crippen molar-refractivity contribution in [3.8, 4) is 22.3 Å². The predicted octanol–water partition coefficient (Wildman–Crippen LogP) is 4.81. The van der Waals surface area contributed by atoms with Crippen molar-refractivity contribution in [1.82, 2.24) is 14.9 Å². The predicted molar refractivity (Wildman–Crippen MR) is 137 cm³/mol. The molecule has 2 fully saturated rings.